The highest BCUT2D eigenvalue weighted by Crippen LogP contribution is 2.57. The Hall–Kier alpha value is -16.2. The monoisotopic (exact) mass is 1610 g/mol. The molecular weight excluding hydrogens is 1530 g/mol. The molecular formula is C118H84N8. The van der Waals surface area contributed by atoms with Crippen LogP contribution in [0.1, 0.15) is 49.9 Å². The quantitative estimate of drug-likeness (QED) is 0.0998. The maximum Gasteiger partial charge on any atom is 0.0645 e. The van der Waals surface area contributed by atoms with Gasteiger partial charge in [0.2, 0.25) is 0 Å². The number of hydrogen-bond acceptors (Lipinski definition) is 8. The van der Waals surface area contributed by atoms with Crippen molar-refractivity contribution in [1.82, 2.24) is 19.9 Å². The molecule has 0 bridgehead atoms. The van der Waals surface area contributed by atoms with Gasteiger partial charge in [-0.2, -0.15) is 0 Å². The van der Waals surface area contributed by atoms with Crippen LogP contribution in [0.2, 0.25) is 0 Å². The third-order valence-electron chi connectivity index (χ3n) is 26.3. The van der Waals surface area contributed by atoms with E-state index in [-0.39, 0.29) is 10.8 Å². The van der Waals surface area contributed by atoms with Crippen LogP contribution in [-0.2, 0) is 10.8 Å². The van der Waals surface area contributed by atoms with Crippen LogP contribution in [0.5, 0.6) is 0 Å². The van der Waals surface area contributed by atoms with E-state index >= 15 is 0 Å². The first-order valence-corrected chi connectivity index (χ1v) is 43.2. The summed E-state index contributed by atoms with van der Waals surface area (Å²) >= 11 is 0. The molecule has 0 N–H and O–H groups in total. The van der Waals surface area contributed by atoms with E-state index < -0.39 is 0 Å². The molecule has 4 heterocycles. The SMILES string of the molecule is CC1(C)c2cc(N(c3ccccc3)c3ccc(-c4cccnc4)cc3)ccc2-c2cc3c4ccccc4c(N(c4ccccc4)c4ccc(-c5cccnc5)cc4)cc3c3cccc1c23.CC1(C)c2cc(N(c3cccnc3)c3ccc4ccccc4c3)ccc2-c2cc3c4ccccc4c(N(c4cccnc4)c4ccc5ccccc5c4)cc3c3cccc1c23. The molecule has 18 aromatic carbocycles. The number of rotatable bonds is 14. The van der Waals surface area contributed by atoms with E-state index in [2.05, 4.69) is 431 Å². The second-order valence-electron chi connectivity index (χ2n) is 34.2. The molecule has 0 fully saturated rings. The molecule has 0 saturated carbocycles. The summed E-state index contributed by atoms with van der Waals surface area (Å²) in [6.45, 7) is 9.56. The minimum absolute atomic E-state index is 0.288. The lowest BCUT2D eigenvalue weighted by atomic mass is 9.68. The largest absolute Gasteiger partial charge is 0.310 e. The first-order chi connectivity index (χ1) is 62.0. The predicted molar refractivity (Wildman–Crippen MR) is 529 cm³/mol. The van der Waals surface area contributed by atoms with Gasteiger partial charge in [-0.05, 0) is 300 Å². The molecule has 596 valence electrons. The fraction of sp³-hybridized carbons (Fsp3) is 0.0508. The van der Waals surface area contributed by atoms with Crippen LogP contribution in [0.15, 0.2) is 438 Å². The summed E-state index contributed by atoms with van der Waals surface area (Å²) in [7, 11) is 0. The third kappa shape index (κ3) is 12.7. The summed E-state index contributed by atoms with van der Waals surface area (Å²) < 4.78 is 0. The van der Waals surface area contributed by atoms with Crippen molar-refractivity contribution in [2.24, 2.45) is 0 Å². The average Bonchev–Trinajstić information content (AvgIpc) is 0.700. The van der Waals surface area contributed by atoms with Crippen molar-refractivity contribution in [2.45, 2.75) is 38.5 Å². The van der Waals surface area contributed by atoms with Crippen molar-refractivity contribution in [3.8, 4) is 44.5 Å². The molecule has 8 nitrogen and oxygen atoms in total. The standard InChI is InChI=1S/C61H44N4.C57H40N4/c1-61(2)57-23-11-22-53-55-38-59(65(46-18-7-4-8-19-46)48-30-26-42(27-31-48)44-15-13-35-63-40-44)52-21-10-9-20-50(52)54(55)37-56(60(53)57)51-33-32-49(36-58(51)61)64(45-16-5-3-6-17-45)47-28-24-41(25-29-47)43-14-12-34-62-39-43;1-57(2)53-21-9-20-49-51-34-55(61(45-17-11-29-59-36-45)42-25-23-38-13-4-6-15-40(38)31-42)48-19-8-7-18-46(48)50(51)33-52(56(49)53)47-27-26-43(32-54(47)57)60(44-16-10-28-58-35-44)41-24-22-37-12-3-5-14-39(37)30-41/h3-40H,1-2H3;3-36H,1-2H3. The Morgan fingerprint density at radius 1 is 0.183 bits per heavy atom. The molecule has 0 aliphatic heterocycles. The third-order valence-corrected chi connectivity index (χ3v) is 26.3. The smallest absolute Gasteiger partial charge is 0.0645 e. The van der Waals surface area contributed by atoms with Crippen molar-refractivity contribution in [1.29, 1.82) is 0 Å². The number of hydrogen-bond donors (Lipinski definition) is 0. The normalized spacial score (nSPS) is 12.7. The van der Waals surface area contributed by atoms with Crippen molar-refractivity contribution in [2.75, 3.05) is 19.6 Å². The van der Waals surface area contributed by atoms with Crippen LogP contribution in [-0.4, -0.2) is 19.9 Å². The molecule has 22 aromatic rings. The van der Waals surface area contributed by atoms with Gasteiger partial charge in [-0.25, -0.2) is 0 Å². The summed E-state index contributed by atoms with van der Waals surface area (Å²) in [6.07, 6.45) is 15.1. The van der Waals surface area contributed by atoms with E-state index in [1.807, 2.05) is 73.8 Å². The fourth-order valence-corrected chi connectivity index (χ4v) is 20.2. The Morgan fingerprint density at radius 2 is 0.508 bits per heavy atom. The number of para-hydroxylation sites is 2. The molecule has 0 atom stereocenters. The van der Waals surface area contributed by atoms with Gasteiger partial charge < -0.3 is 19.6 Å². The summed E-state index contributed by atoms with van der Waals surface area (Å²) in [5.41, 5.74) is 27.4. The van der Waals surface area contributed by atoms with Crippen LogP contribution in [0.3, 0.4) is 0 Å². The molecule has 0 saturated heterocycles. The van der Waals surface area contributed by atoms with Gasteiger partial charge in [-0.3, -0.25) is 19.9 Å². The van der Waals surface area contributed by atoms with Gasteiger partial charge in [0.25, 0.3) is 0 Å². The minimum atomic E-state index is -0.290. The van der Waals surface area contributed by atoms with E-state index in [9.17, 15) is 0 Å². The zero-order valence-corrected chi connectivity index (χ0v) is 70.1. The molecule has 0 spiro atoms. The average molecular weight is 1610 g/mol. The Morgan fingerprint density at radius 3 is 0.952 bits per heavy atom. The fourth-order valence-electron chi connectivity index (χ4n) is 20.2. The van der Waals surface area contributed by atoms with Crippen molar-refractivity contribution in [3.05, 3.63) is 460 Å². The van der Waals surface area contributed by atoms with E-state index in [0.29, 0.717) is 0 Å². The van der Waals surface area contributed by atoms with E-state index in [0.717, 1.165) is 90.5 Å². The summed E-state index contributed by atoms with van der Waals surface area (Å²) in [5, 5.41) is 19.8. The Bertz CT molecular complexity index is 8010. The molecule has 4 aromatic heterocycles. The molecule has 126 heavy (non-hydrogen) atoms. The molecule has 24 rings (SSSR count). The topological polar surface area (TPSA) is 64.5 Å². The zero-order chi connectivity index (χ0) is 84.1. The second-order valence-corrected chi connectivity index (χ2v) is 34.2. The van der Waals surface area contributed by atoms with Gasteiger partial charge in [0.15, 0.2) is 0 Å². The van der Waals surface area contributed by atoms with Crippen LogP contribution in [0.25, 0.3) is 131 Å². The van der Waals surface area contributed by atoms with Crippen LogP contribution < -0.4 is 19.6 Å². The second kappa shape index (κ2) is 30.5. The molecule has 2 aliphatic rings. The summed E-state index contributed by atoms with van der Waals surface area (Å²) in [6, 6.07) is 142. The maximum absolute atomic E-state index is 4.61. The minimum Gasteiger partial charge on any atom is -0.310 e. The summed E-state index contributed by atoms with van der Waals surface area (Å²) in [4.78, 5) is 27.4. The highest BCUT2D eigenvalue weighted by molar-refractivity contribution is 6.27. The maximum atomic E-state index is 4.61. The lowest BCUT2D eigenvalue weighted by Gasteiger charge is -2.37. The van der Waals surface area contributed by atoms with E-state index in [1.165, 1.54) is 131 Å². The van der Waals surface area contributed by atoms with Crippen LogP contribution in [0.4, 0.5) is 68.2 Å². The van der Waals surface area contributed by atoms with Gasteiger partial charge in [0, 0.05) is 104 Å². The molecule has 0 unspecified atom stereocenters. The van der Waals surface area contributed by atoms with Gasteiger partial charge >= 0.3 is 0 Å². The van der Waals surface area contributed by atoms with Gasteiger partial charge in [0.1, 0.15) is 0 Å². The van der Waals surface area contributed by atoms with Crippen molar-refractivity contribution < 1.29 is 0 Å². The molecule has 8 heteroatoms. The van der Waals surface area contributed by atoms with E-state index in [1.54, 1.807) is 0 Å². The Kier molecular flexibility index (Phi) is 18.1. The number of nitrogens with zero attached hydrogens (tertiary/aromatic N) is 8. The highest BCUT2D eigenvalue weighted by Gasteiger charge is 2.38. The van der Waals surface area contributed by atoms with Gasteiger partial charge in [-0.15, -0.1) is 0 Å². The zero-order valence-electron chi connectivity index (χ0n) is 70.1. The lowest BCUT2D eigenvalue weighted by Crippen LogP contribution is -2.24. The molecule has 2 aliphatic carbocycles. The molecule has 0 radical (unpaired) electrons. The van der Waals surface area contributed by atoms with Gasteiger partial charge in [-0.1, -0.05) is 258 Å². The number of pyridine rings is 4. The lowest BCUT2D eigenvalue weighted by molar-refractivity contribution is 0.645. The van der Waals surface area contributed by atoms with E-state index in [4.69, 9.17) is 0 Å². The number of aromatic nitrogens is 4. The van der Waals surface area contributed by atoms with Crippen molar-refractivity contribution >= 4 is 154 Å². The van der Waals surface area contributed by atoms with Gasteiger partial charge in [0.05, 0.1) is 35.1 Å². The molecule has 0 amide bonds. The Labute approximate surface area is 732 Å². The van der Waals surface area contributed by atoms with Crippen molar-refractivity contribution in [3.63, 3.8) is 0 Å². The predicted octanol–water partition coefficient (Wildman–Crippen LogP) is 32.0. The first kappa shape index (κ1) is 74.9. The number of anilines is 12. The first-order valence-electron chi connectivity index (χ1n) is 43.2. The number of fused-ring (bicyclic) bond motifs is 14. The van der Waals surface area contributed by atoms with Crippen LogP contribution in [0, 0.1) is 0 Å². The summed E-state index contributed by atoms with van der Waals surface area (Å²) in [5.74, 6) is 0. The van der Waals surface area contributed by atoms with Crippen LogP contribution >= 0.6 is 0 Å². The Balaban J connectivity index is 0.000000145. The highest BCUT2D eigenvalue weighted by atomic mass is 15.2. The number of benzene rings is 18.